The van der Waals surface area contributed by atoms with Crippen LogP contribution in [0.1, 0.15) is 0 Å². The number of nitrogens with zero attached hydrogens (tertiary/aromatic N) is 2. The van der Waals surface area contributed by atoms with E-state index >= 15 is 0 Å². The van der Waals surface area contributed by atoms with Crippen LogP contribution in [0, 0.1) is 0 Å². The van der Waals surface area contributed by atoms with Gasteiger partial charge in [0, 0.05) is 5.56 Å². The van der Waals surface area contributed by atoms with Gasteiger partial charge in [0.1, 0.15) is 5.03 Å². The van der Waals surface area contributed by atoms with Gasteiger partial charge < -0.3 is 0 Å². The van der Waals surface area contributed by atoms with Gasteiger partial charge in [-0.1, -0.05) is 30.3 Å². The minimum atomic E-state index is 0.920. The number of hydrogen-bond acceptors (Lipinski definition) is 3. The smallest absolute Gasteiger partial charge is 0.114 e. The van der Waals surface area contributed by atoms with Gasteiger partial charge in [0.15, 0.2) is 0 Å². The molecule has 2 rings (SSSR count). The molecule has 0 bridgehead atoms. The summed E-state index contributed by atoms with van der Waals surface area (Å²) in [7, 11) is 0. The summed E-state index contributed by atoms with van der Waals surface area (Å²) in [6, 6.07) is 10.1. The van der Waals surface area contributed by atoms with Gasteiger partial charge in [0.2, 0.25) is 0 Å². The molecule has 1 heterocycles. The van der Waals surface area contributed by atoms with E-state index < -0.39 is 0 Å². The van der Waals surface area contributed by atoms with Crippen molar-refractivity contribution in [3.63, 3.8) is 0 Å². The third-order valence-electron chi connectivity index (χ3n) is 1.91. The second kappa shape index (κ2) is 4.24. The highest BCUT2D eigenvalue weighted by molar-refractivity contribution is 7.98. The van der Waals surface area contributed by atoms with E-state index in [1.54, 1.807) is 24.2 Å². The molecule has 2 aromatic rings. The summed E-state index contributed by atoms with van der Waals surface area (Å²) < 4.78 is 0. The molecule has 0 atom stereocenters. The number of rotatable bonds is 2. The van der Waals surface area contributed by atoms with Gasteiger partial charge in [-0.3, -0.25) is 4.98 Å². The Morgan fingerprint density at radius 2 is 1.79 bits per heavy atom. The molecule has 1 aromatic heterocycles. The molecule has 0 saturated heterocycles. The fourth-order valence-electron chi connectivity index (χ4n) is 1.18. The molecule has 0 aliphatic rings. The Hall–Kier alpha value is -1.35. The van der Waals surface area contributed by atoms with Crippen molar-refractivity contribution in [3.8, 4) is 11.3 Å². The molecule has 0 fully saturated rings. The van der Waals surface area contributed by atoms with Crippen molar-refractivity contribution >= 4 is 11.8 Å². The molecule has 0 amide bonds. The predicted molar refractivity (Wildman–Crippen MR) is 59.2 cm³/mol. The molecule has 0 saturated carbocycles. The number of benzene rings is 1. The zero-order valence-electron chi connectivity index (χ0n) is 7.84. The first-order valence-electron chi connectivity index (χ1n) is 4.31. The van der Waals surface area contributed by atoms with Gasteiger partial charge in [0.25, 0.3) is 0 Å². The third-order valence-corrected chi connectivity index (χ3v) is 2.54. The molecule has 0 aliphatic carbocycles. The predicted octanol–water partition coefficient (Wildman–Crippen LogP) is 2.87. The summed E-state index contributed by atoms with van der Waals surface area (Å²) in [4.78, 5) is 8.61. The van der Waals surface area contributed by atoms with Gasteiger partial charge >= 0.3 is 0 Å². The summed E-state index contributed by atoms with van der Waals surface area (Å²) in [5.41, 5.74) is 2.02. The van der Waals surface area contributed by atoms with E-state index in [4.69, 9.17) is 0 Å². The van der Waals surface area contributed by atoms with Gasteiger partial charge in [-0.05, 0) is 6.26 Å². The summed E-state index contributed by atoms with van der Waals surface area (Å²) in [5.74, 6) is 0. The van der Waals surface area contributed by atoms with Crippen molar-refractivity contribution in [2.24, 2.45) is 0 Å². The fraction of sp³-hybridized carbons (Fsp3) is 0.0909. The molecular formula is C11H10N2S. The standard InChI is InChI=1S/C11H10N2S/c1-14-11-8-12-10(7-13-11)9-5-3-2-4-6-9/h2-8H,1H3. The normalized spacial score (nSPS) is 10.1. The van der Waals surface area contributed by atoms with Crippen LogP contribution < -0.4 is 0 Å². The Balaban J connectivity index is 2.34. The molecule has 0 spiro atoms. The van der Waals surface area contributed by atoms with E-state index in [2.05, 4.69) is 9.97 Å². The topological polar surface area (TPSA) is 25.8 Å². The summed E-state index contributed by atoms with van der Waals surface area (Å²) in [5, 5.41) is 0.949. The lowest BCUT2D eigenvalue weighted by molar-refractivity contribution is 1.06. The van der Waals surface area contributed by atoms with Crippen molar-refractivity contribution in [1.29, 1.82) is 0 Å². The lowest BCUT2D eigenvalue weighted by Crippen LogP contribution is -1.86. The van der Waals surface area contributed by atoms with Crippen LogP contribution in [0.4, 0.5) is 0 Å². The van der Waals surface area contributed by atoms with E-state index in [9.17, 15) is 0 Å². The van der Waals surface area contributed by atoms with Crippen LogP contribution in [0.15, 0.2) is 47.8 Å². The Kier molecular flexibility index (Phi) is 2.79. The van der Waals surface area contributed by atoms with Gasteiger partial charge in [-0.15, -0.1) is 11.8 Å². The quantitative estimate of drug-likeness (QED) is 0.700. The first-order valence-corrected chi connectivity index (χ1v) is 5.54. The molecule has 0 unspecified atom stereocenters. The van der Waals surface area contributed by atoms with Crippen LogP contribution in [0.2, 0.25) is 0 Å². The highest BCUT2D eigenvalue weighted by Crippen LogP contribution is 2.17. The fourth-order valence-corrected chi connectivity index (χ4v) is 1.50. The van der Waals surface area contributed by atoms with Crippen molar-refractivity contribution in [1.82, 2.24) is 9.97 Å². The van der Waals surface area contributed by atoms with Crippen LogP contribution in [-0.4, -0.2) is 16.2 Å². The van der Waals surface area contributed by atoms with Crippen LogP contribution in [0.25, 0.3) is 11.3 Å². The van der Waals surface area contributed by atoms with Crippen LogP contribution >= 0.6 is 11.8 Å². The molecular weight excluding hydrogens is 192 g/mol. The summed E-state index contributed by atoms with van der Waals surface area (Å²) in [6.45, 7) is 0. The largest absolute Gasteiger partial charge is 0.252 e. The minimum Gasteiger partial charge on any atom is -0.252 e. The maximum absolute atomic E-state index is 4.34. The van der Waals surface area contributed by atoms with Crippen LogP contribution in [0.5, 0.6) is 0 Å². The SMILES string of the molecule is CSc1cnc(-c2ccccc2)cn1. The molecule has 0 radical (unpaired) electrons. The molecule has 0 N–H and O–H groups in total. The Labute approximate surface area is 87.4 Å². The van der Waals surface area contributed by atoms with E-state index in [-0.39, 0.29) is 0 Å². The molecule has 3 heteroatoms. The highest BCUT2D eigenvalue weighted by Gasteiger charge is 1.98. The Bertz CT molecular complexity index is 397. The molecule has 0 aliphatic heterocycles. The first kappa shape index (κ1) is 9.21. The van der Waals surface area contributed by atoms with Crippen LogP contribution in [-0.2, 0) is 0 Å². The second-order valence-electron chi connectivity index (χ2n) is 2.81. The summed E-state index contributed by atoms with van der Waals surface area (Å²) in [6.07, 6.45) is 5.60. The summed E-state index contributed by atoms with van der Waals surface area (Å²) >= 11 is 1.60. The maximum Gasteiger partial charge on any atom is 0.114 e. The molecule has 1 aromatic carbocycles. The van der Waals surface area contributed by atoms with Crippen molar-refractivity contribution in [3.05, 3.63) is 42.7 Å². The number of thioether (sulfide) groups is 1. The lowest BCUT2D eigenvalue weighted by atomic mass is 10.2. The van der Waals surface area contributed by atoms with Crippen molar-refractivity contribution < 1.29 is 0 Å². The van der Waals surface area contributed by atoms with Crippen molar-refractivity contribution in [2.45, 2.75) is 5.03 Å². The van der Waals surface area contributed by atoms with E-state index in [0.29, 0.717) is 0 Å². The van der Waals surface area contributed by atoms with E-state index in [1.165, 1.54) is 0 Å². The van der Waals surface area contributed by atoms with E-state index in [1.807, 2.05) is 36.6 Å². The first-order chi connectivity index (χ1) is 6.90. The van der Waals surface area contributed by atoms with Crippen LogP contribution in [0.3, 0.4) is 0 Å². The number of aromatic nitrogens is 2. The zero-order valence-corrected chi connectivity index (χ0v) is 8.66. The average molecular weight is 202 g/mol. The van der Waals surface area contributed by atoms with E-state index in [0.717, 1.165) is 16.3 Å². The second-order valence-corrected chi connectivity index (χ2v) is 3.64. The molecule has 14 heavy (non-hydrogen) atoms. The maximum atomic E-state index is 4.34. The third kappa shape index (κ3) is 1.93. The molecule has 70 valence electrons. The highest BCUT2D eigenvalue weighted by atomic mass is 32.2. The molecule has 2 nitrogen and oxygen atoms in total. The number of hydrogen-bond donors (Lipinski definition) is 0. The zero-order chi connectivity index (χ0) is 9.80. The van der Waals surface area contributed by atoms with Gasteiger partial charge in [-0.2, -0.15) is 0 Å². The lowest BCUT2D eigenvalue weighted by Gasteiger charge is -2.00. The van der Waals surface area contributed by atoms with Gasteiger partial charge in [0.05, 0.1) is 18.1 Å². The van der Waals surface area contributed by atoms with Gasteiger partial charge in [-0.25, -0.2) is 4.98 Å². The Morgan fingerprint density at radius 1 is 1.00 bits per heavy atom. The monoisotopic (exact) mass is 202 g/mol. The Morgan fingerprint density at radius 3 is 2.36 bits per heavy atom. The van der Waals surface area contributed by atoms with Crippen molar-refractivity contribution in [2.75, 3.05) is 6.26 Å². The minimum absolute atomic E-state index is 0.920. The average Bonchev–Trinajstić information content (AvgIpc) is 2.30.